The summed E-state index contributed by atoms with van der Waals surface area (Å²) >= 11 is 0. The van der Waals surface area contributed by atoms with Crippen LogP contribution in [-0.4, -0.2) is 11.2 Å². The van der Waals surface area contributed by atoms with E-state index >= 15 is 0 Å². The summed E-state index contributed by atoms with van der Waals surface area (Å²) in [5.74, 6) is 0. The van der Waals surface area contributed by atoms with Gasteiger partial charge in [0.25, 0.3) is 0 Å². The molecule has 0 fully saturated rings. The van der Waals surface area contributed by atoms with Crippen LogP contribution in [0.15, 0.2) is 28.9 Å². The van der Waals surface area contributed by atoms with Crippen LogP contribution in [0.3, 0.4) is 0 Å². The normalized spacial score (nSPS) is 11.0. The predicted octanol–water partition coefficient (Wildman–Crippen LogP) is 2.65. The Hall–Kier alpha value is -1.51. The molecule has 0 radical (unpaired) electrons. The lowest BCUT2D eigenvalue weighted by Crippen LogP contribution is -2.09. The summed E-state index contributed by atoms with van der Waals surface area (Å²) in [5, 5.41) is 8.07. The largest absolute Gasteiger partial charge is 0.383 e. The highest BCUT2D eigenvalue weighted by molar-refractivity contribution is 5.80. The summed E-state index contributed by atoms with van der Waals surface area (Å²) in [6, 6.07) is 6.39. The van der Waals surface area contributed by atoms with Gasteiger partial charge >= 0.3 is 0 Å². The first-order valence-electron chi connectivity index (χ1n) is 4.36. The molecule has 0 aliphatic heterocycles. The fourth-order valence-electron chi connectivity index (χ4n) is 1.30. The van der Waals surface area contributed by atoms with Gasteiger partial charge in [0.1, 0.15) is 0 Å². The van der Waals surface area contributed by atoms with Gasteiger partial charge < -0.3 is 9.84 Å². The van der Waals surface area contributed by atoms with Crippen LogP contribution in [-0.2, 0) is 0 Å². The van der Waals surface area contributed by atoms with Crippen LogP contribution in [0.2, 0.25) is 0 Å². The van der Waals surface area contributed by atoms with E-state index in [0.29, 0.717) is 6.04 Å². The Morgan fingerprint density at radius 1 is 1.38 bits per heavy atom. The average molecular weight is 176 g/mol. The van der Waals surface area contributed by atoms with E-state index in [0.717, 1.165) is 16.7 Å². The minimum Gasteiger partial charge on any atom is -0.383 e. The maximum atomic E-state index is 5.00. The third kappa shape index (κ3) is 1.64. The first-order chi connectivity index (χ1) is 6.25. The number of nitrogens with zero attached hydrogens (tertiary/aromatic N) is 1. The zero-order valence-electron chi connectivity index (χ0n) is 7.74. The van der Waals surface area contributed by atoms with Crippen LogP contribution >= 0.6 is 0 Å². The number of benzene rings is 1. The van der Waals surface area contributed by atoms with Crippen molar-refractivity contribution in [3.05, 3.63) is 24.4 Å². The monoisotopic (exact) mass is 176 g/mol. The van der Waals surface area contributed by atoms with Crippen LogP contribution in [0.25, 0.3) is 11.0 Å². The SMILES string of the molecule is CC(C)Nc1ccc2oncc2c1. The molecule has 1 aromatic heterocycles. The second kappa shape index (κ2) is 3.09. The molecule has 3 heteroatoms. The van der Waals surface area contributed by atoms with Crippen LogP contribution in [0, 0.1) is 0 Å². The molecule has 13 heavy (non-hydrogen) atoms. The highest BCUT2D eigenvalue weighted by Crippen LogP contribution is 2.18. The van der Waals surface area contributed by atoms with Gasteiger partial charge in [-0.05, 0) is 32.0 Å². The van der Waals surface area contributed by atoms with Crippen molar-refractivity contribution in [3.63, 3.8) is 0 Å². The Labute approximate surface area is 76.7 Å². The van der Waals surface area contributed by atoms with E-state index < -0.39 is 0 Å². The summed E-state index contributed by atoms with van der Waals surface area (Å²) in [7, 11) is 0. The van der Waals surface area contributed by atoms with Crippen molar-refractivity contribution in [2.75, 3.05) is 5.32 Å². The fourth-order valence-corrected chi connectivity index (χ4v) is 1.30. The van der Waals surface area contributed by atoms with Crippen molar-refractivity contribution >= 4 is 16.7 Å². The van der Waals surface area contributed by atoms with E-state index in [4.69, 9.17) is 4.52 Å². The number of hydrogen-bond donors (Lipinski definition) is 1. The fraction of sp³-hybridized carbons (Fsp3) is 0.300. The van der Waals surface area contributed by atoms with Crippen LogP contribution in [0.4, 0.5) is 5.69 Å². The first-order valence-corrected chi connectivity index (χ1v) is 4.36. The van der Waals surface area contributed by atoms with Crippen molar-refractivity contribution in [1.29, 1.82) is 0 Å². The molecule has 68 valence electrons. The van der Waals surface area contributed by atoms with Crippen LogP contribution < -0.4 is 5.32 Å². The first kappa shape index (κ1) is 8.10. The summed E-state index contributed by atoms with van der Waals surface area (Å²) < 4.78 is 5.00. The number of nitrogens with one attached hydrogen (secondary N) is 1. The number of aromatic nitrogens is 1. The molecule has 0 bridgehead atoms. The Balaban J connectivity index is 2.37. The number of hydrogen-bond acceptors (Lipinski definition) is 3. The predicted molar refractivity (Wildman–Crippen MR) is 52.8 cm³/mol. The highest BCUT2D eigenvalue weighted by Gasteiger charge is 2.00. The number of rotatable bonds is 2. The van der Waals surface area contributed by atoms with Gasteiger partial charge in [-0.2, -0.15) is 0 Å². The van der Waals surface area contributed by atoms with E-state index in [1.165, 1.54) is 0 Å². The van der Waals surface area contributed by atoms with Crippen molar-refractivity contribution in [2.45, 2.75) is 19.9 Å². The maximum absolute atomic E-state index is 5.00. The van der Waals surface area contributed by atoms with Gasteiger partial charge in [0.2, 0.25) is 0 Å². The smallest absolute Gasteiger partial charge is 0.166 e. The molecule has 0 atom stereocenters. The molecular weight excluding hydrogens is 164 g/mol. The van der Waals surface area contributed by atoms with E-state index in [-0.39, 0.29) is 0 Å². The third-order valence-electron chi connectivity index (χ3n) is 1.81. The van der Waals surface area contributed by atoms with Crippen molar-refractivity contribution in [2.24, 2.45) is 0 Å². The summed E-state index contributed by atoms with van der Waals surface area (Å²) in [6.07, 6.45) is 1.72. The van der Waals surface area contributed by atoms with E-state index in [1.54, 1.807) is 6.20 Å². The Morgan fingerprint density at radius 2 is 2.23 bits per heavy atom. The molecule has 1 aromatic carbocycles. The van der Waals surface area contributed by atoms with Gasteiger partial charge in [0.15, 0.2) is 5.58 Å². The highest BCUT2D eigenvalue weighted by atomic mass is 16.5. The van der Waals surface area contributed by atoms with Gasteiger partial charge in [0, 0.05) is 17.1 Å². The molecule has 0 aliphatic rings. The second-order valence-corrected chi connectivity index (χ2v) is 3.38. The Bertz CT molecular complexity index is 406. The zero-order chi connectivity index (χ0) is 9.26. The van der Waals surface area contributed by atoms with E-state index in [9.17, 15) is 0 Å². The van der Waals surface area contributed by atoms with Crippen molar-refractivity contribution in [1.82, 2.24) is 5.16 Å². The molecule has 2 aromatic rings. The molecule has 0 unspecified atom stereocenters. The topological polar surface area (TPSA) is 38.1 Å². The molecule has 0 amide bonds. The summed E-state index contributed by atoms with van der Waals surface area (Å²) in [6.45, 7) is 4.22. The Morgan fingerprint density at radius 3 is 3.00 bits per heavy atom. The minimum absolute atomic E-state index is 0.442. The standard InChI is InChI=1S/C10H12N2O/c1-7(2)12-9-3-4-10-8(5-9)6-11-13-10/h3-7,12H,1-2H3. The lowest BCUT2D eigenvalue weighted by atomic mass is 10.2. The summed E-state index contributed by atoms with van der Waals surface area (Å²) in [5.41, 5.74) is 1.93. The zero-order valence-corrected chi connectivity index (χ0v) is 7.74. The quantitative estimate of drug-likeness (QED) is 0.764. The third-order valence-corrected chi connectivity index (χ3v) is 1.81. The second-order valence-electron chi connectivity index (χ2n) is 3.38. The van der Waals surface area contributed by atoms with Crippen LogP contribution in [0.1, 0.15) is 13.8 Å². The molecule has 0 spiro atoms. The minimum atomic E-state index is 0.442. The van der Waals surface area contributed by atoms with Crippen LogP contribution in [0.5, 0.6) is 0 Å². The van der Waals surface area contributed by atoms with Gasteiger partial charge in [-0.3, -0.25) is 0 Å². The van der Waals surface area contributed by atoms with Gasteiger partial charge in [-0.25, -0.2) is 0 Å². The van der Waals surface area contributed by atoms with Gasteiger partial charge in [-0.15, -0.1) is 0 Å². The molecule has 1 heterocycles. The molecular formula is C10H12N2O. The summed E-state index contributed by atoms with van der Waals surface area (Å²) in [4.78, 5) is 0. The lowest BCUT2D eigenvalue weighted by Gasteiger charge is -2.08. The van der Waals surface area contributed by atoms with Gasteiger partial charge in [-0.1, -0.05) is 5.16 Å². The van der Waals surface area contributed by atoms with Crippen molar-refractivity contribution in [3.8, 4) is 0 Å². The molecule has 2 rings (SSSR count). The van der Waals surface area contributed by atoms with Gasteiger partial charge in [0.05, 0.1) is 6.20 Å². The molecule has 0 saturated carbocycles. The molecule has 0 saturated heterocycles. The lowest BCUT2D eigenvalue weighted by molar-refractivity contribution is 0.456. The molecule has 0 aliphatic carbocycles. The number of anilines is 1. The maximum Gasteiger partial charge on any atom is 0.166 e. The Kier molecular flexibility index (Phi) is 1.93. The number of fused-ring (bicyclic) bond motifs is 1. The van der Waals surface area contributed by atoms with E-state index in [2.05, 4.69) is 24.3 Å². The van der Waals surface area contributed by atoms with Crippen molar-refractivity contribution < 1.29 is 4.52 Å². The average Bonchev–Trinajstić information content (AvgIpc) is 2.49. The molecule has 1 N–H and O–H groups in total. The van der Waals surface area contributed by atoms with E-state index in [1.807, 2.05) is 18.2 Å². The molecule has 3 nitrogen and oxygen atoms in total.